The van der Waals surface area contributed by atoms with E-state index < -0.39 is 6.10 Å². The van der Waals surface area contributed by atoms with E-state index in [9.17, 15) is 5.11 Å². The molecule has 0 saturated carbocycles. The van der Waals surface area contributed by atoms with Gasteiger partial charge in [-0.25, -0.2) is 4.98 Å². The zero-order valence-electron chi connectivity index (χ0n) is 10.9. The van der Waals surface area contributed by atoms with E-state index in [0.717, 1.165) is 36.3 Å². The maximum absolute atomic E-state index is 9.60. The first-order chi connectivity index (χ1) is 8.06. The van der Waals surface area contributed by atoms with Gasteiger partial charge in [0.2, 0.25) is 0 Å². The normalized spacial score (nSPS) is 26.9. The summed E-state index contributed by atoms with van der Waals surface area (Å²) in [6, 6.07) is 3.89. The molecule has 0 amide bonds. The van der Waals surface area contributed by atoms with Crippen LogP contribution in [0.4, 0.5) is 5.82 Å². The minimum absolute atomic E-state index is 0.420. The highest BCUT2D eigenvalue weighted by Crippen LogP contribution is 2.26. The Hall–Kier alpha value is -1.09. The molecule has 1 aliphatic rings. The van der Waals surface area contributed by atoms with E-state index in [-0.39, 0.29) is 0 Å². The topological polar surface area (TPSA) is 36.4 Å². The molecule has 0 radical (unpaired) electrons. The number of pyridine rings is 1. The lowest BCUT2D eigenvalue weighted by Gasteiger charge is -2.36. The van der Waals surface area contributed by atoms with Gasteiger partial charge >= 0.3 is 0 Å². The van der Waals surface area contributed by atoms with Crippen molar-refractivity contribution in [2.75, 3.05) is 18.0 Å². The van der Waals surface area contributed by atoms with Crippen molar-refractivity contribution >= 4 is 5.82 Å². The quantitative estimate of drug-likeness (QED) is 0.854. The van der Waals surface area contributed by atoms with Crippen molar-refractivity contribution in [3.8, 4) is 0 Å². The minimum atomic E-state index is -0.420. The van der Waals surface area contributed by atoms with Gasteiger partial charge in [0.05, 0.1) is 6.10 Å². The summed E-state index contributed by atoms with van der Waals surface area (Å²) in [7, 11) is 0. The van der Waals surface area contributed by atoms with E-state index in [4.69, 9.17) is 0 Å². The van der Waals surface area contributed by atoms with Gasteiger partial charge in [-0.3, -0.25) is 0 Å². The number of aliphatic hydroxyl groups excluding tert-OH is 1. The van der Waals surface area contributed by atoms with E-state index in [0.29, 0.717) is 0 Å². The van der Waals surface area contributed by atoms with Gasteiger partial charge in [0.15, 0.2) is 0 Å². The number of nitrogens with zero attached hydrogens (tertiary/aromatic N) is 2. The zero-order valence-corrected chi connectivity index (χ0v) is 10.9. The average molecular weight is 234 g/mol. The largest absolute Gasteiger partial charge is 0.389 e. The summed E-state index contributed by atoms with van der Waals surface area (Å²) < 4.78 is 0. The van der Waals surface area contributed by atoms with Gasteiger partial charge in [0.25, 0.3) is 0 Å². The number of rotatable bonds is 2. The third-order valence-electron chi connectivity index (χ3n) is 3.44. The highest BCUT2D eigenvalue weighted by Gasteiger charge is 2.22. The zero-order chi connectivity index (χ0) is 12.4. The second-order valence-corrected chi connectivity index (χ2v) is 5.47. The summed E-state index contributed by atoms with van der Waals surface area (Å²) in [6.45, 7) is 8.52. The summed E-state index contributed by atoms with van der Waals surface area (Å²) in [4.78, 5) is 6.77. The van der Waals surface area contributed by atoms with Crippen LogP contribution >= 0.6 is 0 Å². The maximum atomic E-state index is 9.60. The van der Waals surface area contributed by atoms with Crippen molar-refractivity contribution in [3.05, 3.63) is 23.9 Å². The highest BCUT2D eigenvalue weighted by atomic mass is 16.3. The van der Waals surface area contributed by atoms with Crippen LogP contribution in [-0.2, 0) is 0 Å². The molecule has 3 heteroatoms. The summed E-state index contributed by atoms with van der Waals surface area (Å²) in [6.07, 6.45) is 2.67. The molecule has 1 aromatic heterocycles. The molecule has 1 saturated heterocycles. The molecule has 1 N–H and O–H groups in total. The number of hydrogen-bond donors (Lipinski definition) is 1. The van der Waals surface area contributed by atoms with Crippen LogP contribution < -0.4 is 4.90 Å². The van der Waals surface area contributed by atoms with Gasteiger partial charge in [-0.1, -0.05) is 13.8 Å². The van der Waals surface area contributed by atoms with Gasteiger partial charge < -0.3 is 10.0 Å². The first-order valence-electron chi connectivity index (χ1n) is 6.45. The molecule has 1 aromatic rings. The average Bonchev–Trinajstić information content (AvgIpc) is 2.28. The second kappa shape index (κ2) is 5.05. The summed E-state index contributed by atoms with van der Waals surface area (Å²) in [5.41, 5.74) is 0.945. The molecule has 1 fully saturated rings. The Labute approximate surface area is 103 Å². The van der Waals surface area contributed by atoms with E-state index in [1.807, 2.05) is 12.1 Å². The van der Waals surface area contributed by atoms with Gasteiger partial charge in [0, 0.05) is 19.3 Å². The Morgan fingerprint density at radius 1 is 1.35 bits per heavy atom. The van der Waals surface area contributed by atoms with E-state index in [2.05, 4.69) is 23.7 Å². The predicted molar refractivity (Wildman–Crippen MR) is 70.0 cm³/mol. The summed E-state index contributed by atoms with van der Waals surface area (Å²) in [5.74, 6) is 2.44. The Morgan fingerprint density at radius 3 is 2.59 bits per heavy atom. The van der Waals surface area contributed by atoms with Crippen LogP contribution in [0.25, 0.3) is 0 Å². The molecular weight excluding hydrogens is 212 g/mol. The van der Waals surface area contributed by atoms with Crippen molar-refractivity contribution in [2.24, 2.45) is 11.8 Å². The van der Waals surface area contributed by atoms with Crippen LogP contribution in [0, 0.1) is 11.8 Å². The van der Waals surface area contributed by atoms with Gasteiger partial charge in [-0.15, -0.1) is 0 Å². The lowest BCUT2D eigenvalue weighted by molar-refractivity contribution is 0.199. The van der Waals surface area contributed by atoms with Crippen LogP contribution in [0.15, 0.2) is 18.3 Å². The third kappa shape index (κ3) is 2.97. The fourth-order valence-electron chi connectivity index (χ4n) is 2.72. The molecule has 0 bridgehead atoms. The Bertz CT molecular complexity index is 368. The number of aliphatic hydroxyl groups is 1. The smallest absolute Gasteiger partial charge is 0.128 e. The Balaban J connectivity index is 2.18. The molecule has 2 unspecified atom stereocenters. The minimum Gasteiger partial charge on any atom is -0.389 e. The fourth-order valence-corrected chi connectivity index (χ4v) is 2.72. The van der Waals surface area contributed by atoms with Crippen molar-refractivity contribution in [3.63, 3.8) is 0 Å². The van der Waals surface area contributed by atoms with E-state index >= 15 is 0 Å². The van der Waals surface area contributed by atoms with Crippen molar-refractivity contribution in [1.29, 1.82) is 0 Å². The van der Waals surface area contributed by atoms with E-state index in [1.54, 1.807) is 13.1 Å². The maximum Gasteiger partial charge on any atom is 0.128 e. The monoisotopic (exact) mass is 234 g/mol. The number of anilines is 1. The third-order valence-corrected chi connectivity index (χ3v) is 3.44. The molecule has 0 aliphatic carbocycles. The molecule has 2 heterocycles. The van der Waals surface area contributed by atoms with Crippen molar-refractivity contribution < 1.29 is 5.11 Å². The van der Waals surface area contributed by atoms with Crippen LogP contribution in [0.3, 0.4) is 0 Å². The first kappa shape index (κ1) is 12.4. The molecule has 1 aliphatic heterocycles. The summed E-state index contributed by atoms with van der Waals surface area (Å²) in [5, 5.41) is 9.60. The highest BCUT2D eigenvalue weighted by molar-refractivity contribution is 5.42. The van der Waals surface area contributed by atoms with Crippen molar-refractivity contribution in [1.82, 2.24) is 4.98 Å². The molecule has 3 atom stereocenters. The second-order valence-electron chi connectivity index (χ2n) is 5.47. The van der Waals surface area contributed by atoms with E-state index in [1.165, 1.54) is 6.42 Å². The standard InChI is InChI=1S/C14H22N2O/c1-10-6-11(2)9-16(8-10)14-7-13(12(3)17)4-5-15-14/h4-5,7,10-12,17H,6,8-9H2,1-3H3/t10?,11?,12-/m0/s1. The fraction of sp³-hybridized carbons (Fsp3) is 0.643. The van der Waals surface area contributed by atoms with Crippen molar-refractivity contribution in [2.45, 2.75) is 33.3 Å². The molecule has 3 nitrogen and oxygen atoms in total. The van der Waals surface area contributed by atoms with Crippen LogP contribution in [0.1, 0.15) is 38.9 Å². The number of piperidine rings is 1. The predicted octanol–water partition coefficient (Wildman–Crippen LogP) is 2.62. The summed E-state index contributed by atoms with van der Waals surface area (Å²) >= 11 is 0. The lowest BCUT2D eigenvalue weighted by atomic mass is 9.92. The van der Waals surface area contributed by atoms with Gasteiger partial charge in [0.1, 0.15) is 5.82 Å². The molecule has 2 rings (SSSR count). The molecule has 94 valence electrons. The molecule has 0 spiro atoms. The molecule has 17 heavy (non-hydrogen) atoms. The number of hydrogen-bond acceptors (Lipinski definition) is 3. The SMILES string of the molecule is CC1CC(C)CN(c2cc([C@H](C)O)ccn2)C1. The van der Waals surface area contributed by atoms with Crippen LogP contribution in [0.2, 0.25) is 0 Å². The Kier molecular flexibility index (Phi) is 3.67. The van der Waals surface area contributed by atoms with Gasteiger partial charge in [-0.2, -0.15) is 0 Å². The van der Waals surface area contributed by atoms with Crippen LogP contribution in [-0.4, -0.2) is 23.2 Å². The molecule has 0 aromatic carbocycles. The lowest BCUT2D eigenvalue weighted by Crippen LogP contribution is -2.39. The number of aromatic nitrogens is 1. The molecular formula is C14H22N2O. The first-order valence-corrected chi connectivity index (χ1v) is 6.45. The van der Waals surface area contributed by atoms with Crippen LogP contribution in [0.5, 0.6) is 0 Å². The van der Waals surface area contributed by atoms with Gasteiger partial charge in [-0.05, 0) is 42.9 Å². The Morgan fingerprint density at radius 2 is 2.00 bits per heavy atom.